The first kappa shape index (κ1) is 11.8. The summed E-state index contributed by atoms with van der Waals surface area (Å²) < 4.78 is 0. The molecule has 15 heavy (non-hydrogen) atoms. The number of carboxylic acid groups (broad SMARTS) is 1. The minimum atomic E-state index is -1.06. The second kappa shape index (κ2) is 5.58. The van der Waals surface area contributed by atoms with Crippen LogP contribution >= 0.6 is 11.6 Å². The van der Waals surface area contributed by atoms with Gasteiger partial charge in [0.05, 0.1) is 0 Å². The summed E-state index contributed by atoms with van der Waals surface area (Å²) in [4.78, 5) is 10.4. The van der Waals surface area contributed by atoms with Crippen molar-refractivity contribution in [2.45, 2.75) is 12.5 Å². The Bertz CT molecular complexity index is 327. The zero-order valence-corrected chi connectivity index (χ0v) is 8.87. The minimum absolute atomic E-state index is 0.260. The molecule has 4 N–H and O–H groups in total. The van der Waals surface area contributed by atoms with Gasteiger partial charge in [-0.1, -0.05) is 23.7 Å². The zero-order valence-electron chi connectivity index (χ0n) is 8.11. The monoisotopic (exact) mass is 228 g/mol. The Labute approximate surface area is 93.0 Å². The number of rotatable bonds is 4. The SMILES string of the molecule is NCC(Cc1ccc(Cl)cc1)NC(=O)O. The summed E-state index contributed by atoms with van der Waals surface area (Å²) in [5, 5.41) is 11.6. The zero-order chi connectivity index (χ0) is 11.3. The van der Waals surface area contributed by atoms with E-state index in [-0.39, 0.29) is 12.6 Å². The van der Waals surface area contributed by atoms with Gasteiger partial charge in [0, 0.05) is 17.6 Å². The van der Waals surface area contributed by atoms with E-state index in [1.54, 1.807) is 12.1 Å². The highest BCUT2D eigenvalue weighted by molar-refractivity contribution is 6.30. The average molecular weight is 229 g/mol. The Morgan fingerprint density at radius 1 is 1.47 bits per heavy atom. The molecule has 0 aliphatic carbocycles. The molecule has 0 aliphatic heterocycles. The summed E-state index contributed by atoms with van der Waals surface area (Å²) in [6.07, 6.45) is -0.487. The van der Waals surface area contributed by atoms with Crippen molar-refractivity contribution in [3.8, 4) is 0 Å². The van der Waals surface area contributed by atoms with Gasteiger partial charge in [-0.15, -0.1) is 0 Å². The van der Waals surface area contributed by atoms with E-state index < -0.39 is 6.09 Å². The quantitative estimate of drug-likeness (QED) is 0.731. The number of nitrogens with two attached hydrogens (primary N) is 1. The maximum absolute atomic E-state index is 10.4. The molecule has 0 aliphatic rings. The average Bonchev–Trinajstić information content (AvgIpc) is 2.19. The molecule has 0 aromatic heterocycles. The topological polar surface area (TPSA) is 75.3 Å². The van der Waals surface area contributed by atoms with E-state index in [1.807, 2.05) is 12.1 Å². The molecule has 82 valence electrons. The van der Waals surface area contributed by atoms with Gasteiger partial charge in [-0.05, 0) is 24.1 Å². The number of hydrogen-bond donors (Lipinski definition) is 3. The highest BCUT2D eigenvalue weighted by atomic mass is 35.5. The van der Waals surface area contributed by atoms with E-state index in [1.165, 1.54) is 0 Å². The Hall–Kier alpha value is -1.26. The van der Waals surface area contributed by atoms with E-state index in [0.29, 0.717) is 11.4 Å². The van der Waals surface area contributed by atoms with Crippen LogP contribution in [0.1, 0.15) is 5.56 Å². The molecular formula is C10H13ClN2O2. The maximum atomic E-state index is 10.4. The van der Waals surface area contributed by atoms with Crippen molar-refractivity contribution in [2.24, 2.45) is 5.73 Å². The third-order valence-electron chi connectivity index (χ3n) is 2.01. The van der Waals surface area contributed by atoms with Crippen molar-refractivity contribution in [2.75, 3.05) is 6.54 Å². The van der Waals surface area contributed by atoms with E-state index in [0.717, 1.165) is 5.56 Å². The van der Waals surface area contributed by atoms with Crippen LogP contribution in [0.3, 0.4) is 0 Å². The maximum Gasteiger partial charge on any atom is 0.404 e. The fraction of sp³-hybridized carbons (Fsp3) is 0.300. The third kappa shape index (κ3) is 4.18. The third-order valence-corrected chi connectivity index (χ3v) is 2.26. The number of carbonyl (C=O) groups is 1. The van der Waals surface area contributed by atoms with Gasteiger partial charge in [-0.2, -0.15) is 0 Å². The molecule has 0 saturated heterocycles. The fourth-order valence-corrected chi connectivity index (χ4v) is 1.40. The van der Waals surface area contributed by atoms with Crippen molar-refractivity contribution in [1.29, 1.82) is 0 Å². The summed E-state index contributed by atoms with van der Waals surface area (Å²) in [6.45, 7) is 0.273. The summed E-state index contributed by atoms with van der Waals surface area (Å²) in [5.41, 5.74) is 6.45. The summed E-state index contributed by atoms with van der Waals surface area (Å²) in [5.74, 6) is 0. The molecule has 0 fully saturated rings. The first-order valence-corrected chi connectivity index (χ1v) is 4.93. The second-order valence-electron chi connectivity index (χ2n) is 3.21. The molecule has 0 bridgehead atoms. The molecule has 1 aromatic rings. The second-order valence-corrected chi connectivity index (χ2v) is 3.65. The van der Waals surface area contributed by atoms with Crippen molar-refractivity contribution in [3.05, 3.63) is 34.9 Å². The van der Waals surface area contributed by atoms with Gasteiger partial charge >= 0.3 is 6.09 Å². The molecule has 1 unspecified atom stereocenters. The summed E-state index contributed by atoms with van der Waals surface area (Å²) in [7, 11) is 0. The Kier molecular flexibility index (Phi) is 4.39. The molecular weight excluding hydrogens is 216 g/mol. The standard InChI is InChI=1S/C10H13ClN2O2/c11-8-3-1-7(2-4-8)5-9(6-12)13-10(14)15/h1-4,9,13H,5-6,12H2,(H,14,15). The number of halogens is 1. The van der Waals surface area contributed by atoms with Crippen LogP contribution in [-0.4, -0.2) is 23.8 Å². The van der Waals surface area contributed by atoms with Gasteiger partial charge in [0.25, 0.3) is 0 Å². The molecule has 0 spiro atoms. The van der Waals surface area contributed by atoms with Gasteiger partial charge in [0.2, 0.25) is 0 Å². The number of amides is 1. The number of benzene rings is 1. The molecule has 1 rings (SSSR count). The normalized spacial score (nSPS) is 12.1. The van der Waals surface area contributed by atoms with E-state index in [4.69, 9.17) is 22.4 Å². The Morgan fingerprint density at radius 2 is 2.07 bits per heavy atom. The van der Waals surface area contributed by atoms with Crippen molar-refractivity contribution in [3.63, 3.8) is 0 Å². The van der Waals surface area contributed by atoms with E-state index in [9.17, 15) is 4.79 Å². The van der Waals surface area contributed by atoms with Crippen LogP contribution in [0.2, 0.25) is 5.02 Å². The fourth-order valence-electron chi connectivity index (χ4n) is 1.27. The number of hydrogen-bond acceptors (Lipinski definition) is 2. The summed E-state index contributed by atoms with van der Waals surface area (Å²) in [6, 6.07) is 6.99. The molecule has 1 amide bonds. The van der Waals surface area contributed by atoms with Gasteiger partial charge < -0.3 is 16.2 Å². The largest absolute Gasteiger partial charge is 0.465 e. The molecule has 0 heterocycles. The molecule has 1 atom stereocenters. The highest BCUT2D eigenvalue weighted by Crippen LogP contribution is 2.10. The van der Waals surface area contributed by atoms with Crippen LogP contribution in [0.4, 0.5) is 4.79 Å². The van der Waals surface area contributed by atoms with Crippen LogP contribution in [0, 0.1) is 0 Å². The molecule has 0 saturated carbocycles. The van der Waals surface area contributed by atoms with Crippen LogP contribution in [-0.2, 0) is 6.42 Å². The first-order chi connectivity index (χ1) is 7.11. The molecule has 5 heteroatoms. The highest BCUT2D eigenvalue weighted by Gasteiger charge is 2.09. The predicted molar refractivity (Wildman–Crippen MR) is 59.2 cm³/mol. The predicted octanol–water partition coefficient (Wildman–Crippen LogP) is 1.48. The molecule has 0 radical (unpaired) electrons. The van der Waals surface area contributed by atoms with Crippen molar-refractivity contribution in [1.82, 2.24) is 5.32 Å². The Morgan fingerprint density at radius 3 is 2.53 bits per heavy atom. The van der Waals surface area contributed by atoms with Gasteiger partial charge in [0.1, 0.15) is 0 Å². The van der Waals surface area contributed by atoms with Gasteiger partial charge in [-0.3, -0.25) is 0 Å². The van der Waals surface area contributed by atoms with E-state index >= 15 is 0 Å². The van der Waals surface area contributed by atoms with Crippen molar-refractivity contribution >= 4 is 17.7 Å². The van der Waals surface area contributed by atoms with Gasteiger partial charge in [0.15, 0.2) is 0 Å². The van der Waals surface area contributed by atoms with Crippen LogP contribution in [0.5, 0.6) is 0 Å². The Balaban J connectivity index is 2.58. The number of nitrogens with one attached hydrogen (secondary N) is 1. The van der Waals surface area contributed by atoms with Crippen LogP contribution in [0.25, 0.3) is 0 Å². The van der Waals surface area contributed by atoms with Gasteiger partial charge in [-0.25, -0.2) is 4.79 Å². The first-order valence-electron chi connectivity index (χ1n) is 4.56. The smallest absolute Gasteiger partial charge is 0.404 e. The minimum Gasteiger partial charge on any atom is -0.465 e. The van der Waals surface area contributed by atoms with E-state index in [2.05, 4.69) is 5.32 Å². The lowest BCUT2D eigenvalue weighted by Gasteiger charge is -2.14. The molecule has 4 nitrogen and oxygen atoms in total. The molecule has 1 aromatic carbocycles. The lowest BCUT2D eigenvalue weighted by atomic mass is 10.1. The van der Waals surface area contributed by atoms with Crippen molar-refractivity contribution < 1.29 is 9.90 Å². The summed E-state index contributed by atoms with van der Waals surface area (Å²) >= 11 is 5.73. The lowest BCUT2D eigenvalue weighted by molar-refractivity contribution is 0.190. The lowest BCUT2D eigenvalue weighted by Crippen LogP contribution is -2.40. The van der Waals surface area contributed by atoms with Crippen LogP contribution in [0.15, 0.2) is 24.3 Å². The van der Waals surface area contributed by atoms with Crippen LogP contribution < -0.4 is 11.1 Å².